The molecule has 126 valence electrons. The summed E-state index contributed by atoms with van der Waals surface area (Å²) in [6.45, 7) is 17.6. The van der Waals surface area contributed by atoms with Crippen LogP contribution in [0.2, 0.25) is 0 Å². The molecule has 0 spiro atoms. The van der Waals surface area contributed by atoms with Crippen molar-refractivity contribution in [3.63, 3.8) is 0 Å². The van der Waals surface area contributed by atoms with Crippen molar-refractivity contribution >= 4 is 33.0 Å². The van der Waals surface area contributed by atoms with E-state index in [0.717, 1.165) is 11.7 Å². The number of benzene rings is 1. The van der Waals surface area contributed by atoms with Gasteiger partial charge in [-0.3, -0.25) is 4.79 Å². The van der Waals surface area contributed by atoms with Crippen LogP contribution in [0, 0.1) is 5.92 Å². The molecule has 0 amide bonds. The van der Waals surface area contributed by atoms with E-state index in [1.54, 1.807) is 0 Å². The molecule has 0 aromatic heterocycles. The fourth-order valence-corrected chi connectivity index (χ4v) is 3.66. The van der Waals surface area contributed by atoms with Crippen molar-refractivity contribution in [2.45, 2.75) is 73.1 Å². The first-order valence-electron chi connectivity index (χ1n) is 8.61. The van der Waals surface area contributed by atoms with Gasteiger partial charge in [-0.15, -0.1) is 0 Å². The average Bonchev–Trinajstić information content (AvgIpc) is 2.42. The van der Waals surface area contributed by atoms with E-state index in [0.29, 0.717) is 37.8 Å². The average molecular weight is 328 g/mol. The first kappa shape index (κ1) is 22.9. The molecule has 0 aliphatic heterocycles. The molecule has 0 bridgehead atoms. The summed E-state index contributed by atoms with van der Waals surface area (Å²) in [7, 11) is 0.394. The molecule has 0 aliphatic rings. The fraction of sp³-hybridized carbons (Fsp3) is 0.650. The van der Waals surface area contributed by atoms with Gasteiger partial charge in [0.1, 0.15) is 0 Å². The maximum absolute atomic E-state index is 12.9. The molecule has 3 heteroatoms. The Hall–Kier alpha value is -0.0826. The van der Waals surface area contributed by atoms with Gasteiger partial charge in [0.25, 0.3) is 0 Å². The quantitative estimate of drug-likeness (QED) is 0.451. The molecule has 1 nitrogen and oxygen atoms in total. The van der Waals surface area contributed by atoms with Gasteiger partial charge >= 0.3 is 18.9 Å². The van der Waals surface area contributed by atoms with E-state index in [1.165, 1.54) is 16.7 Å². The minimum absolute atomic E-state index is 0. The van der Waals surface area contributed by atoms with Crippen molar-refractivity contribution in [3.8, 4) is 0 Å². The second-order valence-corrected chi connectivity index (χ2v) is 8.86. The van der Waals surface area contributed by atoms with Gasteiger partial charge in [-0.1, -0.05) is 67.5 Å². The van der Waals surface area contributed by atoms with E-state index in [9.17, 15) is 4.79 Å². The van der Waals surface area contributed by atoms with Crippen molar-refractivity contribution in [1.29, 1.82) is 0 Å². The Morgan fingerprint density at radius 2 is 1.30 bits per heavy atom. The molecular weight excluding hydrogens is 294 g/mol. The fourth-order valence-electron chi connectivity index (χ4n) is 2.60. The summed E-state index contributed by atoms with van der Waals surface area (Å²) < 4.78 is 0. The Balaban J connectivity index is 0.00000484. The Morgan fingerprint density at radius 1 is 0.870 bits per heavy atom. The van der Waals surface area contributed by atoms with Gasteiger partial charge in [0.05, 0.1) is 0 Å². The van der Waals surface area contributed by atoms with Crippen LogP contribution in [0.15, 0.2) is 12.1 Å². The summed E-state index contributed by atoms with van der Waals surface area (Å²) in [4.78, 5) is 12.9. The van der Waals surface area contributed by atoms with Crippen LogP contribution in [0.5, 0.6) is 0 Å². The van der Waals surface area contributed by atoms with E-state index in [4.69, 9.17) is 0 Å². The first-order chi connectivity index (χ1) is 10.1. The molecule has 1 aromatic carbocycles. The molecule has 0 saturated carbocycles. The molecule has 1 unspecified atom stereocenters. The van der Waals surface area contributed by atoms with Crippen molar-refractivity contribution < 1.29 is 4.79 Å². The van der Waals surface area contributed by atoms with Gasteiger partial charge in [-0.05, 0) is 55.1 Å². The number of hydrogen-bond donors (Lipinski definition) is 0. The Kier molecular flexibility index (Phi) is 10.00. The molecule has 0 aliphatic carbocycles. The van der Waals surface area contributed by atoms with Crippen LogP contribution in [0.3, 0.4) is 0 Å². The van der Waals surface area contributed by atoms with Crippen LogP contribution >= 0.6 is 8.58 Å². The Morgan fingerprint density at radius 3 is 1.61 bits per heavy atom. The maximum atomic E-state index is 12.9. The number of rotatable bonds is 7. The third-order valence-corrected chi connectivity index (χ3v) is 5.62. The topological polar surface area (TPSA) is 17.1 Å². The predicted molar refractivity (Wildman–Crippen MR) is 108 cm³/mol. The van der Waals surface area contributed by atoms with Crippen molar-refractivity contribution in [1.82, 2.24) is 0 Å². The van der Waals surface area contributed by atoms with Crippen LogP contribution in [0.25, 0.3) is 0 Å². The van der Waals surface area contributed by atoms with Crippen molar-refractivity contribution in [2.24, 2.45) is 5.92 Å². The molecule has 1 atom stereocenters. The van der Waals surface area contributed by atoms with Gasteiger partial charge in [-0.2, -0.15) is 0 Å². The van der Waals surface area contributed by atoms with Gasteiger partial charge in [0, 0.05) is 5.56 Å². The zero-order valence-electron chi connectivity index (χ0n) is 15.6. The summed E-state index contributed by atoms with van der Waals surface area (Å²) in [6.07, 6.45) is 1.000. The predicted octanol–water partition coefficient (Wildman–Crippen LogP) is 5.88. The standard InChI is InChI=1S/C20H33OP.Li.H/c1-12(2)11-22-20(21)19-17(14(5)6)9-16(13(3)4)10-18(19)15(7)8;;/h9-10,12-15,22H,11H2,1-8H3;;. The van der Waals surface area contributed by atoms with E-state index >= 15 is 0 Å². The second-order valence-electron chi connectivity index (χ2n) is 7.64. The molecule has 0 saturated heterocycles. The van der Waals surface area contributed by atoms with Crippen LogP contribution in [-0.2, 0) is 0 Å². The Labute approximate surface area is 157 Å². The van der Waals surface area contributed by atoms with Gasteiger partial charge in [0.15, 0.2) is 5.52 Å². The van der Waals surface area contributed by atoms with Crippen LogP contribution in [-0.4, -0.2) is 30.5 Å². The molecule has 23 heavy (non-hydrogen) atoms. The summed E-state index contributed by atoms with van der Waals surface area (Å²) in [6, 6.07) is 4.54. The molecule has 1 rings (SSSR count). The van der Waals surface area contributed by atoms with E-state index in [2.05, 4.69) is 67.5 Å². The molecule has 0 N–H and O–H groups in total. The third kappa shape index (κ3) is 6.38. The second kappa shape index (κ2) is 10.0. The molecular formula is C20H34LiOP. The minimum atomic E-state index is 0. The molecule has 0 heterocycles. The van der Waals surface area contributed by atoms with Crippen LogP contribution < -0.4 is 0 Å². The SMILES string of the molecule is CC(C)CPC(=O)c1c(C(C)C)cc(C(C)C)cc1C(C)C.[LiH]. The monoisotopic (exact) mass is 328 g/mol. The number of carbonyl (C=O) groups excluding carboxylic acids is 1. The summed E-state index contributed by atoms with van der Waals surface area (Å²) >= 11 is 0. The van der Waals surface area contributed by atoms with Crippen molar-refractivity contribution in [2.75, 3.05) is 6.16 Å². The molecule has 0 radical (unpaired) electrons. The summed E-state index contributed by atoms with van der Waals surface area (Å²) in [5, 5.41) is 0. The molecule has 0 fully saturated rings. The third-order valence-electron chi connectivity index (χ3n) is 4.03. The van der Waals surface area contributed by atoms with Crippen LogP contribution in [0.1, 0.15) is 100 Å². The Bertz CT molecular complexity index is 489. The zero-order valence-corrected chi connectivity index (χ0v) is 16.6. The first-order valence-corrected chi connectivity index (χ1v) is 9.81. The zero-order chi connectivity index (χ0) is 17.0. The number of carbonyl (C=O) groups is 1. The summed E-state index contributed by atoms with van der Waals surface area (Å²) in [5.74, 6) is 1.86. The summed E-state index contributed by atoms with van der Waals surface area (Å²) in [5.41, 5.74) is 5.23. The van der Waals surface area contributed by atoms with Crippen LogP contribution in [0.4, 0.5) is 0 Å². The number of hydrogen-bond acceptors (Lipinski definition) is 1. The van der Waals surface area contributed by atoms with Gasteiger partial charge in [0.2, 0.25) is 0 Å². The van der Waals surface area contributed by atoms with E-state index in [-0.39, 0.29) is 18.9 Å². The molecule has 1 aromatic rings. The van der Waals surface area contributed by atoms with E-state index in [1.807, 2.05) is 0 Å². The van der Waals surface area contributed by atoms with E-state index < -0.39 is 0 Å². The van der Waals surface area contributed by atoms with Crippen molar-refractivity contribution in [3.05, 3.63) is 34.4 Å². The van der Waals surface area contributed by atoms with Gasteiger partial charge in [-0.25, -0.2) is 0 Å². The normalized spacial score (nSPS) is 12.0. The van der Waals surface area contributed by atoms with Gasteiger partial charge < -0.3 is 0 Å².